The molecule has 0 atom stereocenters. The number of thiophene rings is 1. The fourth-order valence-corrected chi connectivity index (χ4v) is 4.24. The number of amides is 1. The first-order chi connectivity index (χ1) is 14.1. The molecule has 5 heteroatoms. The molecule has 29 heavy (non-hydrogen) atoms. The van der Waals surface area contributed by atoms with E-state index in [2.05, 4.69) is 29.6 Å². The maximum atomic E-state index is 12.1. The monoisotopic (exact) mass is 405 g/mol. The smallest absolute Gasteiger partial charge is 0.220 e. The third-order valence-corrected chi connectivity index (χ3v) is 6.10. The largest absolute Gasteiger partial charge is 0.493 e. The van der Waals surface area contributed by atoms with Crippen molar-refractivity contribution in [1.82, 2.24) is 5.32 Å². The molecule has 0 bridgehead atoms. The summed E-state index contributed by atoms with van der Waals surface area (Å²) in [5.41, 5.74) is 4.61. The molecule has 0 radical (unpaired) electrons. The van der Waals surface area contributed by atoms with E-state index in [4.69, 9.17) is 4.74 Å². The molecule has 0 aliphatic carbocycles. The highest BCUT2D eigenvalue weighted by Gasteiger charge is 2.13. The Balaban J connectivity index is 1.28. The molecular formula is C24H23NO3S. The molecule has 3 aromatic rings. The second-order valence-corrected chi connectivity index (χ2v) is 8.52. The number of ether oxygens (including phenoxy) is 1. The Labute approximate surface area is 174 Å². The SMILES string of the molecule is Cc1ccc(C(=O)CCC(=O)NCc2ccc(-c3ccc4c(c3)CCO4)cc2)s1. The van der Waals surface area contributed by atoms with Crippen molar-refractivity contribution in [2.75, 3.05) is 6.61 Å². The highest BCUT2D eigenvalue weighted by Crippen LogP contribution is 2.30. The minimum Gasteiger partial charge on any atom is -0.493 e. The molecule has 1 aromatic heterocycles. The third kappa shape index (κ3) is 4.74. The summed E-state index contributed by atoms with van der Waals surface area (Å²) in [5, 5.41) is 2.90. The number of carbonyl (C=O) groups is 2. The maximum Gasteiger partial charge on any atom is 0.220 e. The van der Waals surface area contributed by atoms with Gasteiger partial charge in [0, 0.05) is 30.7 Å². The number of hydrogen-bond acceptors (Lipinski definition) is 4. The molecule has 0 saturated carbocycles. The molecule has 4 nitrogen and oxygen atoms in total. The molecule has 0 spiro atoms. The first-order valence-electron chi connectivity index (χ1n) is 9.80. The molecule has 4 rings (SSSR count). The van der Waals surface area contributed by atoms with Gasteiger partial charge in [-0.15, -0.1) is 11.3 Å². The topological polar surface area (TPSA) is 55.4 Å². The lowest BCUT2D eigenvalue weighted by molar-refractivity contribution is -0.121. The molecule has 1 amide bonds. The number of nitrogens with one attached hydrogen (secondary N) is 1. The van der Waals surface area contributed by atoms with E-state index in [0.717, 1.165) is 39.7 Å². The molecule has 0 fully saturated rings. The van der Waals surface area contributed by atoms with Gasteiger partial charge in [-0.2, -0.15) is 0 Å². The van der Waals surface area contributed by atoms with Gasteiger partial charge >= 0.3 is 0 Å². The van der Waals surface area contributed by atoms with E-state index in [9.17, 15) is 9.59 Å². The number of carbonyl (C=O) groups excluding carboxylic acids is 2. The second kappa shape index (κ2) is 8.62. The zero-order valence-corrected chi connectivity index (χ0v) is 17.2. The van der Waals surface area contributed by atoms with Crippen molar-refractivity contribution in [3.05, 3.63) is 75.5 Å². The van der Waals surface area contributed by atoms with Crippen molar-refractivity contribution in [2.45, 2.75) is 32.7 Å². The molecule has 148 valence electrons. The van der Waals surface area contributed by atoms with Crippen LogP contribution in [0.4, 0.5) is 0 Å². The van der Waals surface area contributed by atoms with Crippen molar-refractivity contribution in [3.63, 3.8) is 0 Å². The summed E-state index contributed by atoms with van der Waals surface area (Å²) in [4.78, 5) is 26.0. The van der Waals surface area contributed by atoms with E-state index >= 15 is 0 Å². The van der Waals surface area contributed by atoms with Gasteiger partial charge in [0.15, 0.2) is 5.78 Å². The number of aryl methyl sites for hydroxylation is 1. The predicted molar refractivity (Wildman–Crippen MR) is 116 cm³/mol. The molecule has 0 saturated heterocycles. The second-order valence-electron chi connectivity index (χ2n) is 7.23. The van der Waals surface area contributed by atoms with Gasteiger partial charge in [0.05, 0.1) is 11.5 Å². The molecular weight excluding hydrogens is 382 g/mol. The van der Waals surface area contributed by atoms with Gasteiger partial charge in [-0.05, 0) is 53.4 Å². The van der Waals surface area contributed by atoms with Gasteiger partial charge in [0.2, 0.25) is 5.91 Å². The molecule has 1 N–H and O–H groups in total. The summed E-state index contributed by atoms with van der Waals surface area (Å²) in [6.45, 7) is 3.19. The Kier molecular flexibility index (Phi) is 5.76. The van der Waals surface area contributed by atoms with Gasteiger partial charge in [-0.1, -0.05) is 30.3 Å². The number of rotatable bonds is 7. The normalized spacial score (nSPS) is 12.3. The van der Waals surface area contributed by atoms with Crippen LogP contribution in [0.1, 0.15) is 38.5 Å². The first kappa shape index (κ1) is 19.4. The highest BCUT2D eigenvalue weighted by atomic mass is 32.1. The van der Waals surface area contributed by atoms with E-state index in [-0.39, 0.29) is 24.5 Å². The number of Topliss-reactive ketones (excluding diaryl/α,β-unsaturated/α-hetero) is 1. The zero-order chi connectivity index (χ0) is 20.2. The van der Waals surface area contributed by atoms with Gasteiger partial charge < -0.3 is 10.1 Å². The van der Waals surface area contributed by atoms with Gasteiger partial charge in [-0.25, -0.2) is 0 Å². The number of ketones is 1. The third-order valence-electron chi connectivity index (χ3n) is 5.06. The summed E-state index contributed by atoms with van der Waals surface area (Å²) >= 11 is 1.48. The number of hydrogen-bond donors (Lipinski definition) is 1. The Morgan fingerprint density at radius 1 is 1.00 bits per heavy atom. The zero-order valence-electron chi connectivity index (χ0n) is 16.4. The summed E-state index contributed by atoms with van der Waals surface area (Å²) in [7, 11) is 0. The average Bonchev–Trinajstić information content (AvgIpc) is 3.39. The average molecular weight is 406 g/mol. The van der Waals surface area contributed by atoms with Crippen LogP contribution in [0.3, 0.4) is 0 Å². The lowest BCUT2D eigenvalue weighted by atomic mass is 10.0. The van der Waals surface area contributed by atoms with E-state index < -0.39 is 0 Å². The van der Waals surface area contributed by atoms with Gasteiger partial charge in [0.1, 0.15) is 5.75 Å². The van der Waals surface area contributed by atoms with Crippen LogP contribution in [0.2, 0.25) is 0 Å². The summed E-state index contributed by atoms with van der Waals surface area (Å²) in [6, 6.07) is 18.2. The fraction of sp³-hybridized carbons (Fsp3) is 0.250. The quantitative estimate of drug-likeness (QED) is 0.567. The minimum absolute atomic E-state index is 0.0300. The lowest BCUT2D eigenvalue weighted by Crippen LogP contribution is -2.23. The number of benzene rings is 2. The number of fused-ring (bicyclic) bond motifs is 1. The summed E-state index contributed by atoms with van der Waals surface area (Å²) in [5.74, 6) is 0.914. The van der Waals surface area contributed by atoms with Crippen molar-refractivity contribution in [2.24, 2.45) is 0 Å². The van der Waals surface area contributed by atoms with Crippen LogP contribution in [-0.2, 0) is 17.8 Å². The van der Waals surface area contributed by atoms with E-state index in [0.29, 0.717) is 6.54 Å². The van der Waals surface area contributed by atoms with E-state index in [1.54, 1.807) is 0 Å². The minimum atomic E-state index is -0.102. The Hall–Kier alpha value is -2.92. The summed E-state index contributed by atoms with van der Waals surface area (Å²) in [6.07, 6.45) is 1.42. The Morgan fingerprint density at radius 2 is 1.79 bits per heavy atom. The van der Waals surface area contributed by atoms with Crippen molar-refractivity contribution >= 4 is 23.0 Å². The van der Waals surface area contributed by atoms with Crippen LogP contribution in [0.25, 0.3) is 11.1 Å². The molecule has 1 aliphatic rings. The first-order valence-corrected chi connectivity index (χ1v) is 10.6. The van der Waals surface area contributed by atoms with Gasteiger partial charge in [0.25, 0.3) is 0 Å². The summed E-state index contributed by atoms with van der Waals surface area (Å²) < 4.78 is 5.56. The van der Waals surface area contributed by atoms with Crippen LogP contribution in [0, 0.1) is 6.92 Å². The standard InChI is InChI=1S/C24H23NO3S/c1-16-2-10-23(29-16)21(26)8-11-24(27)25-15-17-3-5-18(6-4-17)19-7-9-22-20(14-19)12-13-28-22/h2-7,9-10,14H,8,11-13,15H2,1H3,(H,25,27). The van der Waals surface area contributed by atoms with Gasteiger partial charge in [-0.3, -0.25) is 9.59 Å². The van der Waals surface area contributed by atoms with Crippen LogP contribution >= 0.6 is 11.3 Å². The Bertz CT molecular complexity index is 1040. The molecule has 2 aromatic carbocycles. The van der Waals surface area contributed by atoms with Crippen molar-refractivity contribution in [3.8, 4) is 16.9 Å². The van der Waals surface area contributed by atoms with Crippen molar-refractivity contribution in [1.29, 1.82) is 0 Å². The van der Waals surface area contributed by atoms with Crippen LogP contribution in [-0.4, -0.2) is 18.3 Å². The van der Waals surface area contributed by atoms with Crippen LogP contribution in [0.5, 0.6) is 5.75 Å². The van der Waals surface area contributed by atoms with Crippen LogP contribution in [0.15, 0.2) is 54.6 Å². The molecule has 0 unspecified atom stereocenters. The van der Waals surface area contributed by atoms with E-state index in [1.807, 2.05) is 37.3 Å². The lowest BCUT2D eigenvalue weighted by Gasteiger charge is -2.08. The predicted octanol–water partition coefficient (Wildman–Crippen LogP) is 4.94. The van der Waals surface area contributed by atoms with Crippen molar-refractivity contribution < 1.29 is 14.3 Å². The Morgan fingerprint density at radius 3 is 2.55 bits per heavy atom. The maximum absolute atomic E-state index is 12.1. The highest BCUT2D eigenvalue weighted by molar-refractivity contribution is 7.14. The fourth-order valence-electron chi connectivity index (χ4n) is 3.40. The molecule has 2 heterocycles. The van der Waals surface area contributed by atoms with E-state index in [1.165, 1.54) is 22.5 Å². The molecule has 1 aliphatic heterocycles. The van der Waals surface area contributed by atoms with Crippen LogP contribution < -0.4 is 10.1 Å².